The van der Waals surface area contributed by atoms with Crippen LogP contribution in [0.5, 0.6) is 5.75 Å². The molecule has 5 nitrogen and oxygen atoms in total. The van der Waals surface area contributed by atoms with Crippen LogP contribution in [0.15, 0.2) is 60.8 Å². The van der Waals surface area contributed by atoms with Crippen molar-refractivity contribution in [2.45, 2.75) is 6.54 Å². The van der Waals surface area contributed by atoms with Gasteiger partial charge in [-0.2, -0.15) is 15.0 Å². The number of nitrogens with zero attached hydrogens (tertiary/aromatic N) is 3. The Morgan fingerprint density at radius 2 is 1.90 bits per heavy atom. The van der Waals surface area contributed by atoms with Crippen molar-refractivity contribution in [2.75, 3.05) is 5.32 Å². The van der Waals surface area contributed by atoms with Crippen LogP contribution in [-0.2, 0) is 6.54 Å². The first kappa shape index (κ1) is 12.2. The minimum Gasteiger partial charge on any atom is -0.508 e. The average molecular weight is 266 g/mol. The molecule has 5 heteroatoms. The number of aromatic hydroxyl groups is 1. The minimum absolute atomic E-state index is 0.239. The Bertz CT molecular complexity index is 694. The summed E-state index contributed by atoms with van der Waals surface area (Å²) in [6.07, 6.45) is 1.72. The number of hydrogen-bond donors (Lipinski definition) is 2. The lowest BCUT2D eigenvalue weighted by atomic mass is 10.3. The standard InChI is InChI=1S/C15H14N4O/c20-15-8-4-5-12(9-15)16-10-13-11-17-19(18-13)14-6-2-1-3-7-14/h1-9,11,16,20H,10H2. The molecular weight excluding hydrogens is 252 g/mol. The van der Waals surface area contributed by atoms with Crippen molar-refractivity contribution in [2.24, 2.45) is 0 Å². The molecule has 1 aromatic heterocycles. The molecule has 2 N–H and O–H groups in total. The van der Waals surface area contributed by atoms with Gasteiger partial charge in [-0.3, -0.25) is 0 Å². The van der Waals surface area contributed by atoms with Gasteiger partial charge in [0.25, 0.3) is 0 Å². The van der Waals surface area contributed by atoms with E-state index in [1.54, 1.807) is 29.2 Å². The van der Waals surface area contributed by atoms with Gasteiger partial charge < -0.3 is 10.4 Å². The molecule has 0 aliphatic carbocycles. The Kier molecular flexibility index (Phi) is 3.33. The third-order valence-electron chi connectivity index (χ3n) is 2.85. The van der Waals surface area contributed by atoms with E-state index in [0.717, 1.165) is 17.1 Å². The summed E-state index contributed by atoms with van der Waals surface area (Å²) < 4.78 is 0. The highest BCUT2D eigenvalue weighted by molar-refractivity contribution is 5.47. The van der Waals surface area contributed by atoms with Gasteiger partial charge in [0.2, 0.25) is 0 Å². The Balaban J connectivity index is 1.69. The highest BCUT2D eigenvalue weighted by Crippen LogP contribution is 2.16. The van der Waals surface area contributed by atoms with E-state index in [1.165, 1.54) is 0 Å². The molecule has 0 aliphatic heterocycles. The van der Waals surface area contributed by atoms with Crippen LogP contribution in [0.1, 0.15) is 5.69 Å². The maximum Gasteiger partial charge on any atom is 0.117 e. The van der Waals surface area contributed by atoms with Crippen molar-refractivity contribution < 1.29 is 5.11 Å². The summed E-state index contributed by atoms with van der Waals surface area (Å²) in [5, 5.41) is 21.2. The first-order valence-corrected chi connectivity index (χ1v) is 6.31. The molecule has 0 spiro atoms. The van der Waals surface area contributed by atoms with Gasteiger partial charge in [-0.1, -0.05) is 24.3 Å². The molecule has 100 valence electrons. The molecule has 20 heavy (non-hydrogen) atoms. The highest BCUT2D eigenvalue weighted by Gasteiger charge is 2.02. The van der Waals surface area contributed by atoms with E-state index in [1.807, 2.05) is 36.4 Å². The lowest BCUT2D eigenvalue weighted by Gasteiger charge is -2.04. The van der Waals surface area contributed by atoms with Crippen molar-refractivity contribution in [1.29, 1.82) is 0 Å². The van der Waals surface area contributed by atoms with E-state index < -0.39 is 0 Å². The molecule has 0 fully saturated rings. The Labute approximate surface area is 116 Å². The minimum atomic E-state index is 0.239. The molecule has 0 radical (unpaired) electrons. The van der Waals surface area contributed by atoms with Gasteiger partial charge in [-0.25, -0.2) is 0 Å². The molecule has 0 aliphatic rings. The fourth-order valence-corrected chi connectivity index (χ4v) is 1.87. The number of benzene rings is 2. The third kappa shape index (κ3) is 2.77. The zero-order chi connectivity index (χ0) is 13.8. The normalized spacial score (nSPS) is 10.4. The molecule has 2 aromatic carbocycles. The van der Waals surface area contributed by atoms with Gasteiger partial charge >= 0.3 is 0 Å². The molecule has 0 saturated heterocycles. The topological polar surface area (TPSA) is 63.0 Å². The number of anilines is 1. The Morgan fingerprint density at radius 3 is 2.70 bits per heavy atom. The van der Waals surface area contributed by atoms with E-state index in [-0.39, 0.29) is 5.75 Å². The van der Waals surface area contributed by atoms with Crippen molar-refractivity contribution in [1.82, 2.24) is 15.0 Å². The van der Waals surface area contributed by atoms with Crippen molar-refractivity contribution >= 4 is 5.69 Å². The molecule has 3 rings (SSSR count). The predicted molar refractivity (Wildman–Crippen MR) is 76.8 cm³/mol. The van der Waals surface area contributed by atoms with Crippen LogP contribution in [0.25, 0.3) is 5.69 Å². The lowest BCUT2D eigenvalue weighted by Crippen LogP contribution is -2.02. The van der Waals surface area contributed by atoms with E-state index in [0.29, 0.717) is 6.54 Å². The summed E-state index contributed by atoms with van der Waals surface area (Å²) in [5.41, 5.74) is 2.60. The zero-order valence-electron chi connectivity index (χ0n) is 10.8. The molecule has 0 saturated carbocycles. The second-order valence-electron chi connectivity index (χ2n) is 4.36. The average Bonchev–Trinajstić information content (AvgIpc) is 2.95. The fraction of sp³-hybridized carbons (Fsp3) is 0.0667. The van der Waals surface area contributed by atoms with Gasteiger partial charge in [-0.05, 0) is 24.3 Å². The second-order valence-corrected chi connectivity index (χ2v) is 4.36. The summed E-state index contributed by atoms with van der Waals surface area (Å²) in [6, 6.07) is 16.7. The van der Waals surface area contributed by atoms with Crippen LogP contribution >= 0.6 is 0 Å². The van der Waals surface area contributed by atoms with Gasteiger partial charge in [0.15, 0.2) is 0 Å². The maximum absolute atomic E-state index is 9.39. The van der Waals surface area contributed by atoms with E-state index in [9.17, 15) is 5.11 Å². The number of hydrogen-bond acceptors (Lipinski definition) is 4. The maximum atomic E-state index is 9.39. The predicted octanol–water partition coefficient (Wildman–Crippen LogP) is 2.58. The zero-order valence-corrected chi connectivity index (χ0v) is 10.8. The number of rotatable bonds is 4. The van der Waals surface area contributed by atoms with Crippen LogP contribution in [0, 0.1) is 0 Å². The van der Waals surface area contributed by atoms with E-state index >= 15 is 0 Å². The largest absolute Gasteiger partial charge is 0.508 e. The molecule has 0 bridgehead atoms. The number of aromatic nitrogens is 3. The monoisotopic (exact) mass is 266 g/mol. The number of phenols is 1. The van der Waals surface area contributed by atoms with Crippen LogP contribution in [0.3, 0.4) is 0 Å². The second kappa shape index (κ2) is 5.44. The highest BCUT2D eigenvalue weighted by atomic mass is 16.3. The molecule has 1 heterocycles. The van der Waals surface area contributed by atoms with Gasteiger partial charge in [0, 0.05) is 11.8 Å². The Hall–Kier alpha value is -2.82. The van der Waals surface area contributed by atoms with Crippen LogP contribution in [-0.4, -0.2) is 20.1 Å². The summed E-state index contributed by atoms with van der Waals surface area (Å²) in [6.45, 7) is 0.552. The number of para-hydroxylation sites is 1. The van der Waals surface area contributed by atoms with Gasteiger partial charge in [0.1, 0.15) is 11.4 Å². The summed E-state index contributed by atoms with van der Waals surface area (Å²) in [7, 11) is 0. The first-order chi connectivity index (χ1) is 9.81. The van der Waals surface area contributed by atoms with Crippen molar-refractivity contribution in [3.8, 4) is 11.4 Å². The first-order valence-electron chi connectivity index (χ1n) is 6.31. The molecule has 0 unspecified atom stereocenters. The Morgan fingerprint density at radius 1 is 1.05 bits per heavy atom. The smallest absolute Gasteiger partial charge is 0.117 e. The van der Waals surface area contributed by atoms with Crippen LogP contribution in [0.4, 0.5) is 5.69 Å². The van der Waals surface area contributed by atoms with E-state index in [4.69, 9.17) is 0 Å². The van der Waals surface area contributed by atoms with Gasteiger partial charge in [0.05, 0.1) is 18.4 Å². The van der Waals surface area contributed by atoms with E-state index in [2.05, 4.69) is 15.5 Å². The molecule has 0 amide bonds. The quantitative estimate of drug-likeness (QED) is 0.762. The molecular formula is C15H14N4O. The third-order valence-corrected chi connectivity index (χ3v) is 2.85. The number of nitrogens with one attached hydrogen (secondary N) is 1. The fourth-order valence-electron chi connectivity index (χ4n) is 1.87. The SMILES string of the molecule is Oc1cccc(NCc2cnn(-c3ccccc3)n2)c1. The van der Waals surface area contributed by atoms with Crippen molar-refractivity contribution in [3.63, 3.8) is 0 Å². The van der Waals surface area contributed by atoms with Gasteiger partial charge in [-0.15, -0.1) is 0 Å². The summed E-state index contributed by atoms with van der Waals surface area (Å²) in [5.74, 6) is 0.239. The molecule has 3 aromatic rings. The van der Waals surface area contributed by atoms with Crippen LogP contribution in [0.2, 0.25) is 0 Å². The summed E-state index contributed by atoms with van der Waals surface area (Å²) in [4.78, 5) is 1.60. The number of phenolic OH excluding ortho intramolecular Hbond substituents is 1. The lowest BCUT2D eigenvalue weighted by molar-refractivity contribution is 0.475. The van der Waals surface area contributed by atoms with Crippen LogP contribution < -0.4 is 5.32 Å². The molecule has 0 atom stereocenters. The summed E-state index contributed by atoms with van der Waals surface area (Å²) >= 11 is 0. The van der Waals surface area contributed by atoms with Crippen molar-refractivity contribution in [3.05, 3.63) is 66.5 Å².